The Morgan fingerprint density at radius 3 is 2.43 bits per heavy atom. The molecule has 5 aromatic rings. The SMILES string of the molecule is COc1ccc([Si](C)(C)[C@H]2[C@H](CC(=O)N3CCC[C@H]3CO)O[C@@]3(C(=O)N(Cc4cccc(N5C(=O)c6ccccc6Oc6ccccc65)c4)c4ccc(Cl)cc43)[C@@H]2C)cc1. The average molecular weight is 842 g/mol. The van der Waals surface area contributed by atoms with E-state index >= 15 is 4.79 Å². The molecule has 2 fully saturated rings. The first-order chi connectivity index (χ1) is 29.0. The normalized spacial score (nSPS) is 23.3. The highest BCUT2D eigenvalue weighted by Gasteiger charge is 2.66. The number of benzene rings is 5. The van der Waals surface area contributed by atoms with Gasteiger partial charge in [-0.05, 0) is 90.7 Å². The van der Waals surface area contributed by atoms with Gasteiger partial charge in [0.05, 0.1) is 63.8 Å². The van der Waals surface area contributed by atoms with Crippen molar-refractivity contribution >= 4 is 59.6 Å². The highest BCUT2D eigenvalue weighted by Crippen LogP contribution is 2.60. The van der Waals surface area contributed by atoms with Crippen LogP contribution in [0.5, 0.6) is 17.2 Å². The summed E-state index contributed by atoms with van der Waals surface area (Å²) in [5, 5.41) is 11.8. The van der Waals surface area contributed by atoms with Crippen molar-refractivity contribution < 1.29 is 33.7 Å². The lowest BCUT2D eigenvalue weighted by Gasteiger charge is -2.37. The monoisotopic (exact) mass is 841 g/mol. The molecule has 60 heavy (non-hydrogen) atoms. The van der Waals surface area contributed by atoms with Crippen LogP contribution >= 0.6 is 11.6 Å². The molecule has 0 aliphatic carbocycles. The Kier molecular flexibility index (Phi) is 10.3. The fraction of sp³-hybridized carbons (Fsp3) is 0.312. The fourth-order valence-electron chi connectivity index (χ4n) is 10.3. The number of halogens is 1. The average Bonchev–Trinajstić information content (AvgIpc) is 3.89. The molecule has 1 spiro atoms. The number of likely N-dealkylation sites (tertiary alicyclic amines) is 1. The van der Waals surface area contributed by atoms with E-state index in [1.54, 1.807) is 40.0 Å². The first-order valence-electron chi connectivity index (χ1n) is 20.6. The van der Waals surface area contributed by atoms with Crippen LogP contribution in [0.15, 0.2) is 115 Å². The van der Waals surface area contributed by atoms with Gasteiger partial charge in [0, 0.05) is 28.7 Å². The number of hydrogen-bond acceptors (Lipinski definition) is 7. The molecule has 4 aliphatic heterocycles. The number of nitrogens with zero attached hydrogens (tertiary/aromatic N) is 3. The quantitative estimate of drug-likeness (QED) is 0.148. The maximum Gasteiger partial charge on any atom is 0.266 e. The lowest BCUT2D eigenvalue weighted by atomic mass is 9.82. The van der Waals surface area contributed by atoms with Crippen LogP contribution in [0.2, 0.25) is 23.7 Å². The van der Waals surface area contributed by atoms with Crippen LogP contribution in [0.1, 0.15) is 47.7 Å². The third-order valence-electron chi connectivity index (χ3n) is 13.2. The summed E-state index contributed by atoms with van der Waals surface area (Å²) < 4.78 is 19.0. The Bertz CT molecular complexity index is 2500. The Morgan fingerprint density at radius 2 is 1.67 bits per heavy atom. The second-order valence-electron chi connectivity index (χ2n) is 16.9. The molecule has 4 aliphatic rings. The molecule has 0 bridgehead atoms. The first kappa shape index (κ1) is 40.0. The summed E-state index contributed by atoms with van der Waals surface area (Å²) in [6.45, 7) is 7.35. The number of hydrogen-bond donors (Lipinski definition) is 1. The predicted octanol–water partition coefficient (Wildman–Crippen LogP) is 8.57. The number of para-hydroxylation sites is 3. The van der Waals surface area contributed by atoms with E-state index in [1.807, 2.05) is 84.9 Å². The largest absolute Gasteiger partial charge is 0.497 e. The Morgan fingerprint density at radius 1 is 0.917 bits per heavy atom. The molecule has 1 N–H and O–H groups in total. The van der Waals surface area contributed by atoms with E-state index in [-0.39, 0.29) is 54.8 Å². The predicted molar refractivity (Wildman–Crippen MR) is 235 cm³/mol. The molecule has 4 heterocycles. The van der Waals surface area contributed by atoms with Crippen LogP contribution < -0.4 is 24.5 Å². The van der Waals surface area contributed by atoms with Gasteiger partial charge in [-0.25, -0.2) is 0 Å². The topological polar surface area (TPSA) is 109 Å². The maximum atomic E-state index is 15.5. The van der Waals surface area contributed by atoms with Gasteiger partial charge < -0.3 is 29.1 Å². The standard InChI is InChI=1S/C48H48ClN3O7Si/c1-30-45(60(3,4)36-21-19-35(57-2)20-22-36)43(27-44(54)50-24-10-13-34(50)29-53)59-48(30)38-26-32(49)18-23-39(38)51(47(48)56)28-31-11-9-12-33(25-31)52-40-15-6-8-17-42(40)58-41-16-7-5-14-37(41)46(52)55/h5-9,11-12,14-23,25-26,30,34,43,45,53H,10,13,24,27-29H2,1-4H3/t30-,34+,43+,45-,48+/m1/s1. The number of carbonyl (C=O) groups excluding carboxylic acids is 3. The molecule has 308 valence electrons. The van der Waals surface area contributed by atoms with E-state index in [0.29, 0.717) is 51.3 Å². The minimum Gasteiger partial charge on any atom is -0.497 e. The molecule has 0 radical (unpaired) electrons. The minimum atomic E-state index is -2.54. The molecule has 3 amide bonds. The van der Waals surface area contributed by atoms with Gasteiger partial charge in [0.1, 0.15) is 11.5 Å². The van der Waals surface area contributed by atoms with Gasteiger partial charge in [-0.15, -0.1) is 0 Å². The van der Waals surface area contributed by atoms with Gasteiger partial charge in [-0.2, -0.15) is 0 Å². The van der Waals surface area contributed by atoms with Crippen LogP contribution in [0.4, 0.5) is 17.1 Å². The number of amides is 3. The van der Waals surface area contributed by atoms with Crippen LogP contribution in [-0.2, 0) is 26.5 Å². The fourth-order valence-corrected chi connectivity index (χ4v) is 14.5. The van der Waals surface area contributed by atoms with E-state index in [2.05, 4.69) is 32.2 Å². The smallest absolute Gasteiger partial charge is 0.266 e. The summed E-state index contributed by atoms with van der Waals surface area (Å²) in [5.74, 6) is 0.913. The number of carbonyl (C=O) groups is 3. The second-order valence-corrected chi connectivity index (χ2v) is 22.0. The van der Waals surface area contributed by atoms with Crippen molar-refractivity contribution in [3.8, 4) is 17.2 Å². The van der Waals surface area contributed by atoms with Crippen LogP contribution in [0.25, 0.3) is 0 Å². The summed E-state index contributed by atoms with van der Waals surface area (Å²) >= 11 is 6.77. The van der Waals surface area contributed by atoms with E-state index in [1.165, 1.54) is 0 Å². The van der Waals surface area contributed by atoms with Crippen LogP contribution in [0, 0.1) is 5.92 Å². The lowest BCUT2D eigenvalue weighted by Crippen LogP contribution is -2.52. The molecular weight excluding hydrogens is 794 g/mol. The van der Waals surface area contributed by atoms with Crippen molar-refractivity contribution in [2.45, 2.75) is 69.1 Å². The third-order valence-corrected chi connectivity index (χ3v) is 17.8. The number of anilines is 3. The number of aliphatic hydroxyl groups excluding tert-OH is 1. The van der Waals surface area contributed by atoms with E-state index in [9.17, 15) is 14.7 Å². The molecule has 0 saturated carbocycles. The Balaban J connectivity index is 1.10. The molecule has 10 nitrogen and oxygen atoms in total. The van der Waals surface area contributed by atoms with Crippen molar-refractivity contribution in [3.05, 3.63) is 137 Å². The van der Waals surface area contributed by atoms with Crippen molar-refractivity contribution in [2.24, 2.45) is 5.92 Å². The molecule has 0 unspecified atom stereocenters. The summed E-state index contributed by atoms with van der Waals surface area (Å²) in [6.07, 6.45) is 1.08. The van der Waals surface area contributed by atoms with Crippen molar-refractivity contribution in [2.75, 3.05) is 30.1 Å². The molecule has 5 aromatic carbocycles. The van der Waals surface area contributed by atoms with Gasteiger partial charge in [0.15, 0.2) is 11.4 Å². The number of rotatable bonds is 9. The van der Waals surface area contributed by atoms with Crippen molar-refractivity contribution in [1.29, 1.82) is 0 Å². The Hall–Kier alpha value is -5.46. The third kappa shape index (κ3) is 6.50. The Labute approximate surface area is 356 Å². The highest BCUT2D eigenvalue weighted by molar-refractivity contribution is 6.91. The number of ether oxygens (including phenoxy) is 3. The molecule has 5 atom stereocenters. The van der Waals surface area contributed by atoms with E-state index in [0.717, 1.165) is 29.3 Å². The van der Waals surface area contributed by atoms with Gasteiger partial charge in [0.2, 0.25) is 5.91 Å². The van der Waals surface area contributed by atoms with Gasteiger partial charge >= 0.3 is 0 Å². The highest BCUT2D eigenvalue weighted by atomic mass is 35.5. The first-order valence-corrected chi connectivity index (χ1v) is 24.1. The second kappa shape index (κ2) is 15.5. The maximum absolute atomic E-state index is 15.5. The van der Waals surface area contributed by atoms with Gasteiger partial charge in [0.25, 0.3) is 11.8 Å². The zero-order chi connectivity index (χ0) is 41.9. The van der Waals surface area contributed by atoms with E-state index < -0.39 is 19.8 Å². The summed E-state index contributed by atoms with van der Waals surface area (Å²) in [7, 11) is -0.893. The van der Waals surface area contributed by atoms with Crippen LogP contribution in [0.3, 0.4) is 0 Å². The lowest BCUT2D eigenvalue weighted by molar-refractivity contribution is -0.150. The number of fused-ring (bicyclic) bond motifs is 4. The molecule has 12 heteroatoms. The molecule has 2 saturated heterocycles. The summed E-state index contributed by atoms with van der Waals surface area (Å²) in [4.78, 5) is 49.2. The molecule has 9 rings (SSSR count). The number of methoxy groups -OCH3 is 1. The number of aliphatic hydroxyl groups is 1. The van der Waals surface area contributed by atoms with Crippen LogP contribution in [-0.4, -0.2) is 68.2 Å². The van der Waals surface area contributed by atoms with Gasteiger partial charge in [-0.3, -0.25) is 19.3 Å². The minimum absolute atomic E-state index is 0.0755. The zero-order valence-corrected chi connectivity index (χ0v) is 35.9. The molecular formula is C48H48ClN3O7Si. The zero-order valence-electron chi connectivity index (χ0n) is 34.1. The van der Waals surface area contributed by atoms with E-state index in [4.69, 9.17) is 25.8 Å². The molecule has 0 aromatic heterocycles. The summed E-state index contributed by atoms with van der Waals surface area (Å²) in [5.41, 5.74) is 2.26. The van der Waals surface area contributed by atoms with Gasteiger partial charge in [-0.1, -0.05) is 85.3 Å². The summed E-state index contributed by atoms with van der Waals surface area (Å²) in [6, 6.07) is 35.7. The van der Waals surface area contributed by atoms with Crippen molar-refractivity contribution in [3.63, 3.8) is 0 Å². The van der Waals surface area contributed by atoms with Crippen molar-refractivity contribution in [1.82, 2.24) is 4.90 Å².